The molecule has 2 aromatic heterocycles. The number of aromatic nitrogens is 3. The second kappa shape index (κ2) is 8.40. The van der Waals surface area contributed by atoms with Crippen molar-refractivity contribution in [2.75, 3.05) is 5.32 Å². The van der Waals surface area contributed by atoms with E-state index in [4.69, 9.17) is 0 Å². The molecule has 0 radical (unpaired) electrons. The Morgan fingerprint density at radius 2 is 1.88 bits per heavy atom. The molecule has 0 saturated heterocycles. The van der Waals surface area contributed by atoms with E-state index in [1.54, 1.807) is 6.07 Å². The topological polar surface area (TPSA) is 94.0 Å². The molecule has 4 aromatic rings. The highest BCUT2D eigenvalue weighted by molar-refractivity contribution is 9.10. The number of nitrogens with zero attached hydrogens (tertiary/aromatic N) is 3. The first-order valence-electron chi connectivity index (χ1n) is 9.22. The second-order valence-electron chi connectivity index (χ2n) is 6.97. The van der Waals surface area contributed by atoms with Crippen molar-refractivity contribution in [3.63, 3.8) is 0 Å². The number of halogens is 3. The van der Waals surface area contributed by atoms with Gasteiger partial charge >= 0.3 is 0 Å². The van der Waals surface area contributed by atoms with Crippen LogP contribution in [0, 0.1) is 11.6 Å². The van der Waals surface area contributed by atoms with Crippen molar-refractivity contribution in [3.8, 4) is 0 Å². The monoisotopic (exact) mass is 520 g/mol. The van der Waals surface area contributed by atoms with Crippen LogP contribution in [0.4, 0.5) is 14.5 Å². The summed E-state index contributed by atoms with van der Waals surface area (Å²) in [5, 5.41) is 1.61. The number of rotatable bonds is 5. The molecule has 7 nitrogen and oxygen atoms in total. The minimum absolute atomic E-state index is 0.0796. The zero-order chi connectivity index (χ0) is 23.0. The number of fused-ring (bicyclic) bond motifs is 1. The molecule has 2 aromatic carbocycles. The van der Waals surface area contributed by atoms with E-state index in [1.165, 1.54) is 17.7 Å². The Bertz CT molecular complexity index is 1450. The summed E-state index contributed by atoms with van der Waals surface area (Å²) >= 11 is 3.37. The molecule has 1 N–H and O–H groups in total. The van der Waals surface area contributed by atoms with Crippen molar-refractivity contribution in [2.45, 2.75) is 23.5 Å². The normalized spacial score (nSPS) is 11.6. The van der Waals surface area contributed by atoms with E-state index in [1.807, 2.05) is 18.2 Å². The maximum atomic E-state index is 14.8. The highest BCUT2D eigenvalue weighted by atomic mass is 79.9. The van der Waals surface area contributed by atoms with Crippen LogP contribution in [0.25, 0.3) is 10.9 Å². The molecule has 0 unspecified atom stereocenters. The lowest BCUT2D eigenvalue weighted by Gasteiger charge is -2.06. The first-order valence-corrected chi connectivity index (χ1v) is 11.5. The standard InChI is InChI=1S/C21H15BrF2N4O3S/c1-12(29)27-16-8-25-21(26-9-16)32(30,31)19-11-28(10-13-3-2-4-14(22)5-13)18-7-15(23)6-17(24)20(18)19/h2-9,11H,10H2,1H3,(H,27,29). The van der Waals surface area contributed by atoms with Crippen LogP contribution in [0.5, 0.6) is 0 Å². The van der Waals surface area contributed by atoms with E-state index < -0.39 is 26.6 Å². The predicted molar refractivity (Wildman–Crippen MR) is 117 cm³/mol. The average Bonchev–Trinajstić information content (AvgIpc) is 3.07. The van der Waals surface area contributed by atoms with Crippen LogP contribution in [-0.4, -0.2) is 28.9 Å². The molecule has 0 spiro atoms. The highest BCUT2D eigenvalue weighted by Crippen LogP contribution is 2.32. The van der Waals surface area contributed by atoms with Gasteiger partial charge in [0.05, 0.1) is 29.0 Å². The minimum Gasteiger partial charge on any atom is -0.342 e. The molecular weight excluding hydrogens is 506 g/mol. The Labute approximate surface area is 190 Å². The lowest BCUT2D eigenvalue weighted by molar-refractivity contribution is -0.114. The Morgan fingerprint density at radius 1 is 1.16 bits per heavy atom. The molecule has 0 saturated carbocycles. The number of carbonyl (C=O) groups excluding carboxylic acids is 1. The van der Waals surface area contributed by atoms with Crippen molar-refractivity contribution in [3.05, 3.63) is 76.7 Å². The van der Waals surface area contributed by atoms with E-state index in [9.17, 15) is 22.0 Å². The third-order valence-electron chi connectivity index (χ3n) is 4.58. The summed E-state index contributed by atoms with van der Waals surface area (Å²) in [6.45, 7) is 1.46. The molecule has 164 valence electrons. The molecule has 11 heteroatoms. The highest BCUT2D eigenvalue weighted by Gasteiger charge is 2.28. The van der Waals surface area contributed by atoms with Gasteiger partial charge in [0, 0.05) is 30.2 Å². The van der Waals surface area contributed by atoms with Crippen molar-refractivity contribution in [1.82, 2.24) is 14.5 Å². The molecular formula is C21H15BrF2N4O3S. The number of benzene rings is 2. The molecule has 1 amide bonds. The third-order valence-corrected chi connectivity index (χ3v) is 6.66. The lowest BCUT2D eigenvalue weighted by Crippen LogP contribution is -2.10. The van der Waals surface area contributed by atoms with Crippen LogP contribution in [0.15, 0.2) is 69.5 Å². The number of anilines is 1. The van der Waals surface area contributed by atoms with Gasteiger partial charge in [0.1, 0.15) is 16.5 Å². The molecule has 2 heterocycles. The van der Waals surface area contributed by atoms with Crippen LogP contribution in [-0.2, 0) is 21.2 Å². The molecule has 4 rings (SSSR count). The van der Waals surface area contributed by atoms with Crippen LogP contribution in [0.1, 0.15) is 12.5 Å². The van der Waals surface area contributed by atoms with Gasteiger partial charge in [0.15, 0.2) is 0 Å². The predicted octanol–water partition coefficient (Wildman–Crippen LogP) is 4.31. The fraction of sp³-hybridized carbons (Fsp3) is 0.0952. The number of amides is 1. The number of carbonyl (C=O) groups is 1. The zero-order valence-corrected chi connectivity index (χ0v) is 18.9. The van der Waals surface area contributed by atoms with E-state index in [2.05, 4.69) is 31.2 Å². The second-order valence-corrected chi connectivity index (χ2v) is 9.70. The van der Waals surface area contributed by atoms with Gasteiger partial charge in [-0.2, -0.15) is 0 Å². The molecule has 0 aliphatic carbocycles. The minimum atomic E-state index is -4.35. The summed E-state index contributed by atoms with van der Waals surface area (Å²) in [6, 6.07) is 8.97. The first-order chi connectivity index (χ1) is 15.1. The van der Waals surface area contributed by atoms with Crippen molar-refractivity contribution in [1.29, 1.82) is 0 Å². The molecule has 0 aliphatic heterocycles. The summed E-state index contributed by atoms with van der Waals surface area (Å²) < 4.78 is 57.5. The van der Waals surface area contributed by atoms with E-state index >= 15 is 0 Å². The smallest absolute Gasteiger partial charge is 0.252 e. The fourth-order valence-corrected chi connectivity index (χ4v) is 5.06. The van der Waals surface area contributed by atoms with Crippen molar-refractivity contribution >= 4 is 48.3 Å². The number of hydrogen-bond donors (Lipinski definition) is 1. The summed E-state index contributed by atoms with van der Waals surface area (Å²) in [5.74, 6) is -2.21. The Kier molecular flexibility index (Phi) is 5.78. The summed E-state index contributed by atoms with van der Waals surface area (Å²) in [7, 11) is -4.35. The van der Waals surface area contributed by atoms with Gasteiger partial charge in [0.25, 0.3) is 5.16 Å². The number of sulfone groups is 1. The van der Waals surface area contributed by atoms with Gasteiger partial charge in [-0.05, 0) is 23.8 Å². The van der Waals surface area contributed by atoms with Gasteiger partial charge in [-0.15, -0.1) is 0 Å². The SMILES string of the molecule is CC(=O)Nc1cnc(S(=O)(=O)c2cn(Cc3cccc(Br)c3)c3cc(F)cc(F)c23)nc1. The van der Waals surface area contributed by atoms with Crippen LogP contribution >= 0.6 is 15.9 Å². The molecule has 0 aliphatic rings. The molecule has 0 bridgehead atoms. The quantitative estimate of drug-likeness (QED) is 0.395. The summed E-state index contributed by atoms with van der Waals surface area (Å²) in [6.07, 6.45) is 3.52. The first kappa shape index (κ1) is 22.0. The summed E-state index contributed by atoms with van der Waals surface area (Å²) in [4.78, 5) is 18.4. The molecule has 0 fully saturated rings. The maximum Gasteiger partial charge on any atom is 0.252 e. The van der Waals surface area contributed by atoms with Crippen LogP contribution < -0.4 is 5.32 Å². The number of nitrogens with one attached hydrogen (secondary N) is 1. The maximum absolute atomic E-state index is 14.8. The Balaban J connectivity index is 1.85. The van der Waals surface area contributed by atoms with Gasteiger partial charge in [-0.25, -0.2) is 27.2 Å². The Morgan fingerprint density at radius 3 is 2.53 bits per heavy atom. The number of hydrogen-bond acceptors (Lipinski definition) is 5. The zero-order valence-electron chi connectivity index (χ0n) is 16.5. The third kappa shape index (κ3) is 4.26. The van der Waals surface area contributed by atoms with Gasteiger partial charge < -0.3 is 9.88 Å². The molecule has 0 atom stereocenters. The lowest BCUT2D eigenvalue weighted by atomic mass is 10.2. The van der Waals surface area contributed by atoms with Crippen LogP contribution in [0.3, 0.4) is 0 Å². The van der Waals surface area contributed by atoms with E-state index in [0.717, 1.165) is 28.5 Å². The van der Waals surface area contributed by atoms with E-state index in [0.29, 0.717) is 6.07 Å². The average molecular weight is 521 g/mol. The van der Waals surface area contributed by atoms with Gasteiger partial charge in [-0.3, -0.25) is 4.79 Å². The van der Waals surface area contributed by atoms with Gasteiger partial charge in [0.2, 0.25) is 15.7 Å². The Hall–Kier alpha value is -3.18. The summed E-state index contributed by atoms with van der Waals surface area (Å²) in [5.41, 5.74) is 1.08. The fourth-order valence-electron chi connectivity index (χ4n) is 3.29. The van der Waals surface area contributed by atoms with Crippen molar-refractivity contribution < 1.29 is 22.0 Å². The largest absolute Gasteiger partial charge is 0.342 e. The van der Waals surface area contributed by atoms with Crippen molar-refractivity contribution in [2.24, 2.45) is 0 Å². The van der Waals surface area contributed by atoms with Gasteiger partial charge in [-0.1, -0.05) is 28.1 Å². The van der Waals surface area contributed by atoms with E-state index in [-0.39, 0.29) is 33.9 Å². The molecule has 32 heavy (non-hydrogen) atoms. The van der Waals surface area contributed by atoms with Crippen LogP contribution in [0.2, 0.25) is 0 Å².